The number of nitrogens with one attached hydrogen (secondary N) is 1. The largest absolute Gasteiger partial charge is 0.476 e. The zero-order chi connectivity index (χ0) is 29.5. The molecule has 3 aromatic rings. The van der Waals surface area contributed by atoms with Gasteiger partial charge in [0.2, 0.25) is 5.88 Å². The molecule has 2 aliphatic heterocycles. The van der Waals surface area contributed by atoms with Crippen molar-refractivity contribution in [2.45, 2.75) is 42.7 Å². The number of benzene rings is 1. The lowest BCUT2D eigenvalue weighted by Gasteiger charge is -2.19. The Hall–Kier alpha value is -3.17. The summed E-state index contributed by atoms with van der Waals surface area (Å²) < 4.78 is 41.6. The number of hydrogen-bond donors (Lipinski definition) is 1. The van der Waals surface area contributed by atoms with Gasteiger partial charge in [0, 0.05) is 37.8 Å². The number of carbonyl (C=O) groups is 1. The van der Waals surface area contributed by atoms with Crippen LogP contribution in [0.15, 0.2) is 46.4 Å². The first kappa shape index (κ1) is 30.3. The van der Waals surface area contributed by atoms with Gasteiger partial charge in [0.15, 0.2) is 26.8 Å². The van der Waals surface area contributed by atoms with Crippen molar-refractivity contribution in [1.29, 1.82) is 0 Å². The summed E-state index contributed by atoms with van der Waals surface area (Å²) in [6.45, 7) is 2.92. The highest BCUT2D eigenvalue weighted by Crippen LogP contribution is 2.27. The van der Waals surface area contributed by atoms with Crippen molar-refractivity contribution < 1.29 is 32.3 Å². The highest BCUT2D eigenvalue weighted by molar-refractivity contribution is 7.91. The predicted molar refractivity (Wildman–Crippen MR) is 159 cm³/mol. The van der Waals surface area contributed by atoms with E-state index in [0.717, 1.165) is 19.4 Å². The van der Waals surface area contributed by atoms with Crippen LogP contribution in [-0.2, 0) is 28.9 Å². The molecular weight excluding hydrogens is 582 g/mol. The number of amides is 1. The fourth-order valence-corrected chi connectivity index (χ4v) is 6.85. The predicted octanol–water partition coefficient (Wildman–Crippen LogP) is 3.12. The molecule has 2 fully saturated rings. The smallest absolute Gasteiger partial charge is 0.280 e. The number of likely N-dealkylation sites (tertiary alicyclic amines) is 1. The average molecular weight is 618 g/mol. The molecule has 1 N–H and O–H groups in total. The molecule has 1 aromatic carbocycles. The van der Waals surface area contributed by atoms with Crippen molar-refractivity contribution in [3.8, 4) is 5.88 Å². The van der Waals surface area contributed by atoms with Crippen molar-refractivity contribution >= 4 is 48.3 Å². The zero-order valence-corrected chi connectivity index (χ0v) is 25.3. The molecule has 2 aromatic heterocycles. The molecule has 226 valence electrons. The maximum absolute atomic E-state index is 13.4. The number of anilines is 1. The number of sulfone groups is 1. The maximum atomic E-state index is 13.4. The Bertz CT molecular complexity index is 1500. The van der Waals surface area contributed by atoms with Gasteiger partial charge in [0.05, 0.1) is 23.9 Å². The van der Waals surface area contributed by atoms with Crippen LogP contribution in [0, 0.1) is 0 Å². The van der Waals surface area contributed by atoms with E-state index in [9.17, 15) is 13.2 Å². The van der Waals surface area contributed by atoms with E-state index in [2.05, 4.69) is 32.4 Å². The monoisotopic (exact) mass is 617 g/mol. The highest BCUT2D eigenvalue weighted by Gasteiger charge is 2.24. The maximum Gasteiger partial charge on any atom is 0.280 e. The van der Waals surface area contributed by atoms with Crippen molar-refractivity contribution in [1.82, 2.24) is 14.9 Å². The van der Waals surface area contributed by atoms with Crippen LogP contribution in [0.4, 0.5) is 5.13 Å². The molecule has 0 bridgehead atoms. The van der Waals surface area contributed by atoms with Gasteiger partial charge in [-0.2, -0.15) is 0 Å². The van der Waals surface area contributed by atoms with Crippen molar-refractivity contribution in [2.75, 3.05) is 58.2 Å². The third kappa shape index (κ3) is 7.61. The van der Waals surface area contributed by atoms with E-state index in [4.69, 9.17) is 19.0 Å². The van der Waals surface area contributed by atoms with Crippen molar-refractivity contribution in [3.63, 3.8) is 0 Å². The van der Waals surface area contributed by atoms with E-state index >= 15 is 0 Å². The Morgan fingerprint density at radius 2 is 2.02 bits per heavy atom. The van der Waals surface area contributed by atoms with Gasteiger partial charge in [0.1, 0.15) is 17.0 Å². The zero-order valence-electron chi connectivity index (χ0n) is 23.7. The number of aromatic nitrogens is 2. The molecule has 0 unspecified atom stereocenters. The van der Waals surface area contributed by atoms with Gasteiger partial charge < -0.3 is 23.9 Å². The van der Waals surface area contributed by atoms with Crippen LogP contribution in [0.5, 0.6) is 5.88 Å². The number of thiazole rings is 1. The molecule has 0 spiro atoms. The number of nitrogens with zero attached hydrogens (tertiary/aromatic N) is 4. The fraction of sp³-hybridized carbons (Fsp3) is 0.500. The number of rotatable bonds is 13. The van der Waals surface area contributed by atoms with Crippen LogP contribution >= 0.6 is 11.3 Å². The molecular formula is C28H35N5O7S2. The Morgan fingerprint density at radius 1 is 1.19 bits per heavy atom. The van der Waals surface area contributed by atoms with E-state index in [1.54, 1.807) is 18.2 Å². The van der Waals surface area contributed by atoms with Crippen LogP contribution in [0.1, 0.15) is 31.2 Å². The third-order valence-electron chi connectivity index (χ3n) is 7.19. The van der Waals surface area contributed by atoms with Crippen LogP contribution < -0.4 is 10.1 Å². The van der Waals surface area contributed by atoms with E-state index < -0.39 is 15.7 Å². The van der Waals surface area contributed by atoms with Gasteiger partial charge >= 0.3 is 0 Å². The Kier molecular flexibility index (Phi) is 10.0. The highest BCUT2D eigenvalue weighted by atomic mass is 32.2. The van der Waals surface area contributed by atoms with Crippen LogP contribution in [0.3, 0.4) is 0 Å². The number of hydrogen-bond acceptors (Lipinski definition) is 12. The summed E-state index contributed by atoms with van der Waals surface area (Å²) in [7, 11) is 0.131. The number of methoxy groups -OCH3 is 1. The quantitative estimate of drug-likeness (QED) is 0.173. The summed E-state index contributed by atoms with van der Waals surface area (Å²) in [5, 5.41) is 7.29. The number of oxime groups is 1. The Labute approximate surface area is 248 Å². The summed E-state index contributed by atoms with van der Waals surface area (Å²) in [6, 6.07) is 9.98. The van der Waals surface area contributed by atoms with Gasteiger partial charge in [0.25, 0.3) is 5.91 Å². The average Bonchev–Trinajstić information content (AvgIpc) is 3.73. The standard InChI is InChI=1S/C28H35N5O7S2/c1-33-13-3-5-20(33)17-39-24-11-10-23-27(30-24)41-28(29-23)31-26(34)25(32-40-21-12-15-38-18-21)19-6-8-22(9-7-19)42(35,36)16-4-14-37-2/h6-11,20-21H,3-5,12-18H2,1-2H3,(H,29,31,34)/t20-,21-/m1/s1. The third-order valence-corrected chi connectivity index (χ3v) is 9.89. The normalized spacial score (nSPS) is 19.8. The minimum Gasteiger partial charge on any atom is -0.476 e. The molecule has 2 aliphatic rings. The van der Waals surface area contributed by atoms with Gasteiger partial charge in [-0.25, -0.2) is 18.4 Å². The van der Waals surface area contributed by atoms with Gasteiger partial charge in [-0.15, -0.1) is 0 Å². The molecule has 12 nitrogen and oxygen atoms in total. The molecule has 14 heteroatoms. The minimum absolute atomic E-state index is 0.0119. The van der Waals surface area contributed by atoms with E-state index in [-0.39, 0.29) is 22.5 Å². The second-order valence-corrected chi connectivity index (χ2v) is 13.3. The lowest BCUT2D eigenvalue weighted by Crippen LogP contribution is -2.30. The number of ether oxygens (including phenoxy) is 3. The van der Waals surface area contributed by atoms with Gasteiger partial charge in [-0.05, 0) is 51.1 Å². The number of carbonyl (C=O) groups excluding carboxylic acids is 1. The van der Waals surface area contributed by atoms with E-state index in [1.165, 1.54) is 30.6 Å². The second-order valence-electron chi connectivity index (χ2n) is 10.3. The lowest BCUT2D eigenvalue weighted by atomic mass is 10.1. The Balaban J connectivity index is 1.31. The van der Waals surface area contributed by atoms with Gasteiger partial charge in [-0.3, -0.25) is 10.1 Å². The van der Waals surface area contributed by atoms with Crippen LogP contribution in [-0.4, -0.2) is 99.9 Å². The summed E-state index contributed by atoms with van der Waals surface area (Å²) >= 11 is 1.22. The van der Waals surface area contributed by atoms with Gasteiger partial charge in [-0.1, -0.05) is 28.6 Å². The number of likely N-dealkylation sites (N-methyl/N-ethyl adjacent to an activating group) is 1. The molecule has 0 saturated carbocycles. The fourth-order valence-electron chi connectivity index (χ4n) is 4.74. The Morgan fingerprint density at radius 3 is 2.74 bits per heavy atom. The summed E-state index contributed by atoms with van der Waals surface area (Å²) in [5.74, 6) is -0.0805. The second kappa shape index (κ2) is 13.9. The first-order chi connectivity index (χ1) is 20.3. The molecule has 5 rings (SSSR count). The lowest BCUT2D eigenvalue weighted by molar-refractivity contribution is -0.110. The summed E-state index contributed by atoms with van der Waals surface area (Å²) in [5.41, 5.74) is 1.01. The molecule has 0 radical (unpaired) electrons. The summed E-state index contributed by atoms with van der Waals surface area (Å²) in [6.07, 6.45) is 3.03. The summed E-state index contributed by atoms with van der Waals surface area (Å²) in [4.78, 5) is 31.2. The van der Waals surface area contributed by atoms with Crippen molar-refractivity contribution in [3.05, 3.63) is 42.0 Å². The topological polar surface area (TPSA) is 142 Å². The first-order valence-corrected chi connectivity index (χ1v) is 16.3. The number of fused-ring (bicyclic) bond motifs is 1. The SMILES string of the molecule is COCCCS(=O)(=O)c1ccc(C(=NO[C@@H]2CCOC2)C(=O)Nc2nc3ccc(OC[C@H]4CCCN4C)nc3s2)cc1. The first-order valence-electron chi connectivity index (χ1n) is 13.9. The molecule has 2 saturated heterocycles. The molecule has 1 amide bonds. The molecule has 2 atom stereocenters. The molecule has 0 aliphatic carbocycles. The minimum atomic E-state index is -3.50. The van der Waals surface area contributed by atoms with Crippen LogP contribution in [0.2, 0.25) is 0 Å². The van der Waals surface area contributed by atoms with Crippen molar-refractivity contribution in [2.24, 2.45) is 5.16 Å². The number of pyridine rings is 1. The van der Waals surface area contributed by atoms with E-state index in [1.807, 2.05) is 6.07 Å². The van der Waals surface area contributed by atoms with Crippen LogP contribution in [0.25, 0.3) is 10.3 Å². The molecule has 42 heavy (non-hydrogen) atoms. The molecule has 4 heterocycles. The van der Waals surface area contributed by atoms with E-state index in [0.29, 0.717) is 72.2 Å².